The van der Waals surface area contributed by atoms with Crippen molar-refractivity contribution in [2.45, 2.75) is 52.7 Å². The molecule has 3 atom stereocenters. The van der Waals surface area contributed by atoms with Crippen molar-refractivity contribution >= 4 is 17.8 Å². The van der Waals surface area contributed by atoms with E-state index in [0.717, 1.165) is 11.1 Å². The van der Waals surface area contributed by atoms with Gasteiger partial charge in [0.2, 0.25) is 11.8 Å². The Hall–Kier alpha value is -2.43. The number of benzene rings is 1. The highest BCUT2D eigenvalue weighted by molar-refractivity contribution is 6.08. The molecule has 1 saturated heterocycles. The second kappa shape index (κ2) is 8.07. The molecule has 1 heterocycles. The Balaban J connectivity index is 1.76. The maximum atomic E-state index is 12.9. The Morgan fingerprint density at radius 2 is 1.78 bits per heavy atom. The van der Waals surface area contributed by atoms with Crippen LogP contribution < -0.4 is 0 Å². The lowest BCUT2D eigenvalue weighted by Gasteiger charge is -2.26. The number of nitrogens with zero attached hydrogens (tertiary/aromatic N) is 1. The van der Waals surface area contributed by atoms with Gasteiger partial charge in [0, 0.05) is 0 Å². The van der Waals surface area contributed by atoms with Gasteiger partial charge in [-0.1, -0.05) is 55.8 Å². The number of fused-ring (bicyclic) bond motifs is 1. The van der Waals surface area contributed by atoms with Gasteiger partial charge in [-0.25, -0.2) is 4.79 Å². The molecule has 27 heavy (non-hydrogen) atoms. The summed E-state index contributed by atoms with van der Waals surface area (Å²) in [6, 6.07) is 6.89. The van der Waals surface area contributed by atoms with Gasteiger partial charge < -0.3 is 4.74 Å². The van der Waals surface area contributed by atoms with E-state index in [1.807, 2.05) is 57.2 Å². The van der Waals surface area contributed by atoms with Crippen molar-refractivity contribution in [2.24, 2.45) is 17.8 Å². The number of amides is 2. The average molecular weight is 369 g/mol. The lowest BCUT2D eigenvalue weighted by atomic mass is 9.85. The van der Waals surface area contributed by atoms with E-state index in [0.29, 0.717) is 19.3 Å². The number of rotatable bonds is 6. The largest absolute Gasteiger partial charge is 0.459 e. The van der Waals surface area contributed by atoms with Crippen LogP contribution in [0, 0.1) is 24.7 Å². The third-order valence-corrected chi connectivity index (χ3v) is 5.28. The van der Waals surface area contributed by atoms with E-state index in [1.165, 1.54) is 4.90 Å². The third-order valence-electron chi connectivity index (χ3n) is 5.28. The second-order valence-electron chi connectivity index (χ2n) is 7.94. The molecule has 0 aromatic heterocycles. The first-order chi connectivity index (χ1) is 12.9. The fourth-order valence-electron chi connectivity index (χ4n) is 3.94. The van der Waals surface area contributed by atoms with Gasteiger partial charge in [0.15, 0.2) is 0 Å². The van der Waals surface area contributed by atoms with Gasteiger partial charge >= 0.3 is 5.97 Å². The topological polar surface area (TPSA) is 63.7 Å². The molecule has 3 rings (SSSR count). The van der Waals surface area contributed by atoms with Crippen LogP contribution in [0.25, 0.3) is 0 Å². The number of aryl methyl sites for hydroxylation is 1. The van der Waals surface area contributed by atoms with Gasteiger partial charge in [-0.05, 0) is 37.7 Å². The molecular formula is C22H27NO4. The summed E-state index contributed by atoms with van der Waals surface area (Å²) in [5.74, 6) is -1.47. The maximum absolute atomic E-state index is 12.9. The van der Waals surface area contributed by atoms with Gasteiger partial charge in [0.05, 0.1) is 11.8 Å². The molecule has 0 saturated carbocycles. The first kappa shape index (κ1) is 19.3. The van der Waals surface area contributed by atoms with E-state index in [1.54, 1.807) is 0 Å². The molecule has 144 valence electrons. The Kier molecular flexibility index (Phi) is 5.78. The zero-order chi connectivity index (χ0) is 19.6. The van der Waals surface area contributed by atoms with E-state index < -0.39 is 12.0 Å². The standard InChI is InChI=1S/C22H27NO4/c1-14(2)11-19(22(26)27-13-16-8-6-7-15(3)12-16)23-20(24)17-9-4-5-10-18(17)21(23)25/h4-8,12,14,17-19H,9-11,13H2,1-3H3/t17-,18-,19+/m1/s1. The Morgan fingerprint density at radius 3 is 2.33 bits per heavy atom. The highest BCUT2D eigenvalue weighted by Crippen LogP contribution is 2.37. The molecule has 2 amide bonds. The third kappa shape index (κ3) is 4.12. The van der Waals surface area contributed by atoms with Gasteiger partial charge in [-0.3, -0.25) is 14.5 Å². The minimum absolute atomic E-state index is 0.139. The minimum atomic E-state index is -0.847. The molecule has 2 aliphatic rings. The Bertz CT molecular complexity index is 741. The number of likely N-dealkylation sites (tertiary alicyclic amines) is 1. The normalized spacial score (nSPS) is 22.9. The lowest BCUT2D eigenvalue weighted by Crippen LogP contribution is -2.47. The van der Waals surface area contributed by atoms with Crippen LogP contribution in [0.4, 0.5) is 0 Å². The number of carbonyl (C=O) groups excluding carboxylic acids is 3. The zero-order valence-electron chi connectivity index (χ0n) is 16.2. The summed E-state index contributed by atoms with van der Waals surface area (Å²) in [6.45, 7) is 6.06. The fraction of sp³-hybridized carbons (Fsp3) is 0.500. The van der Waals surface area contributed by atoms with Crippen LogP contribution in [-0.2, 0) is 25.7 Å². The first-order valence-electron chi connectivity index (χ1n) is 9.62. The van der Waals surface area contributed by atoms with E-state index >= 15 is 0 Å². The predicted octanol–water partition coefficient (Wildman–Crippen LogP) is 3.40. The molecule has 5 heteroatoms. The summed E-state index contributed by atoms with van der Waals surface area (Å²) in [7, 11) is 0. The van der Waals surface area contributed by atoms with Crippen molar-refractivity contribution in [3.05, 3.63) is 47.5 Å². The van der Waals surface area contributed by atoms with Crippen LogP contribution in [0.1, 0.15) is 44.2 Å². The van der Waals surface area contributed by atoms with Crippen molar-refractivity contribution in [3.63, 3.8) is 0 Å². The van der Waals surface area contributed by atoms with Crippen molar-refractivity contribution in [1.29, 1.82) is 0 Å². The number of ether oxygens (including phenoxy) is 1. The molecular weight excluding hydrogens is 342 g/mol. The predicted molar refractivity (Wildman–Crippen MR) is 101 cm³/mol. The van der Waals surface area contributed by atoms with Crippen LogP contribution in [0.2, 0.25) is 0 Å². The summed E-state index contributed by atoms with van der Waals surface area (Å²) >= 11 is 0. The highest BCUT2D eigenvalue weighted by Gasteiger charge is 2.51. The van der Waals surface area contributed by atoms with Crippen LogP contribution >= 0.6 is 0 Å². The molecule has 0 radical (unpaired) electrons. The van der Waals surface area contributed by atoms with Crippen molar-refractivity contribution in [1.82, 2.24) is 4.90 Å². The molecule has 0 unspecified atom stereocenters. The maximum Gasteiger partial charge on any atom is 0.329 e. The van der Waals surface area contributed by atoms with Crippen LogP contribution in [0.15, 0.2) is 36.4 Å². The van der Waals surface area contributed by atoms with Gasteiger partial charge in [-0.2, -0.15) is 0 Å². The lowest BCUT2D eigenvalue weighted by molar-refractivity contribution is -0.160. The number of esters is 1. The molecule has 0 spiro atoms. The summed E-state index contributed by atoms with van der Waals surface area (Å²) in [4.78, 5) is 39.8. The Morgan fingerprint density at radius 1 is 1.15 bits per heavy atom. The first-order valence-corrected chi connectivity index (χ1v) is 9.62. The quantitative estimate of drug-likeness (QED) is 0.438. The SMILES string of the molecule is Cc1cccc(COC(=O)[C@H](CC(C)C)N2C(=O)[C@@H]3CC=CC[C@H]3C2=O)c1. The van der Waals surface area contributed by atoms with Crippen molar-refractivity contribution in [3.8, 4) is 0 Å². The Labute approximate surface area is 160 Å². The molecule has 1 aromatic carbocycles. The van der Waals surface area contributed by atoms with E-state index in [-0.39, 0.29) is 36.2 Å². The zero-order valence-corrected chi connectivity index (χ0v) is 16.2. The molecule has 1 aliphatic carbocycles. The smallest absolute Gasteiger partial charge is 0.329 e. The highest BCUT2D eigenvalue weighted by atomic mass is 16.5. The van der Waals surface area contributed by atoms with Gasteiger partial charge in [0.25, 0.3) is 0 Å². The molecule has 0 N–H and O–H groups in total. The molecule has 5 nitrogen and oxygen atoms in total. The number of hydrogen-bond acceptors (Lipinski definition) is 4. The average Bonchev–Trinajstić information content (AvgIpc) is 2.89. The summed E-state index contributed by atoms with van der Waals surface area (Å²) < 4.78 is 5.51. The van der Waals surface area contributed by atoms with E-state index in [4.69, 9.17) is 4.74 Å². The number of allylic oxidation sites excluding steroid dienone is 2. The van der Waals surface area contributed by atoms with E-state index in [9.17, 15) is 14.4 Å². The summed E-state index contributed by atoms with van der Waals surface area (Å²) in [6.07, 6.45) is 5.45. The van der Waals surface area contributed by atoms with Crippen molar-refractivity contribution < 1.29 is 19.1 Å². The van der Waals surface area contributed by atoms with Crippen LogP contribution in [0.5, 0.6) is 0 Å². The monoisotopic (exact) mass is 369 g/mol. The molecule has 0 bridgehead atoms. The minimum Gasteiger partial charge on any atom is -0.459 e. The van der Waals surface area contributed by atoms with Crippen LogP contribution in [0.3, 0.4) is 0 Å². The molecule has 1 aliphatic heterocycles. The molecule has 1 aromatic rings. The number of imide groups is 1. The van der Waals surface area contributed by atoms with E-state index in [2.05, 4.69) is 0 Å². The van der Waals surface area contributed by atoms with Crippen LogP contribution in [-0.4, -0.2) is 28.7 Å². The second-order valence-corrected chi connectivity index (χ2v) is 7.94. The summed E-state index contributed by atoms with van der Waals surface area (Å²) in [5.41, 5.74) is 1.98. The summed E-state index contributed by atoms with van der Waals surface area (Å²) in [5, 5.41) is 0. The van der Waals surface area contributed by atoms with Crippen molar-refractivity contribution in [2.75, 3.05) is 0 Å². The molecule has 1 fully saturated rings. The van der Waals surface area contributed by atoms with Gasteiger partial charge in [-0.15, -0.1) is 0 Å². The van der Waals surface area contributed by atoms with Gasteiger partial charge in [0.1, 0.15) is 12.6 Å². The number of carbonyl (C=O) groups is 3. The number of hydrogen-bond donors (Lipinski definition) is 0. The fourth-order valence-corrected chi connectivity index (χ4v) is 3.94.